The molecular weight excluding hydrogens is 207 g/mol. The molecule has 3 nitrogen and oxygen atoms in total. The predicted molar refractivity (Wildman–Crippen MR) is 60.5 cm³/mol. The van der Waals surface area contributed by atoms with E-state index in [1.807, 2.05) is 24.3 Å². The highest BCUT2D eigenvalue weighted by molar-refractivity contribution is 5.57. The summed E-state index contributed by atoms with van der Waals surface area (Å²) in [6.45, 7) is 0. The SMILES string of the molecule is COc1cccc(Nc2cccc(F)n2)c1. The van der Waals surface area contributed by atoms with Crippen LogP contribution in [0.5, 0.6) is 5.75 Å². The van der Waals surface area contributed by atoms with Gasteiger partial charge < -0.3 is 10.1 Å². The normalized spacial score (nSPS) is 9.88. The summed E-state index contributed by atoms with van der Waals surface area (Å²) in [7, 11) is 1.60. The van der Waals surface area contributed by atoms with Gasteiger partial charge in [0.15, 0.2) is 0 Å². The van der Waals surface area contributed by atoms with Crippen molar-refractivity contribution in [3.8, 4) is 5.75 Å². The van der Waals surface area contributed by atoms with Crippen molar-refractivity contribution < 1.29 is 9.13 Å². The maximum atomic E-state index is 12.8. The van der Waals surface area contributed by atoms with Crippen molar-refractivity contribution in [2.75, 3.05) is 12.4 Å². The predicted octanol–water partition coefficient (Wildman–Crippen LogP) is 2.97. The Kier molecular flexibility index (Phi) is 3.00. The molecule has 1 aromatic carbocycles. The molecule has 0 saturated heterocycles. The van der Waals surface area contributed by atoms with E-state index in [-0.39, 0.29) is 0 Å². The molecule has 2 rings (SSSR count). The molecule has 1 N–H and O–H groups in total. The summed E-state index contributed by atoms with van der Waals surface area (Å²) >= 11 is 0. The Labute approximate surface area is 92.9 Å². The number of anilines is 2. The van der Waals surface area contributed by atoms with E-state index >= 15 is 0 Å². The minimum absolute atomic E-state index is 0.466. The first-order valence-corrected chi connectivity index (χ1v) is 4.81. The molecule has 0 aliphatic heterocycles. The Morgan fingerprint density at radius 1 is 1.19 bits per heavy atom. The van der Waals surface area contributed by atoms with Gasteiger partial charge in [-0.15, -0.1) is 0 Å². The second-order valence-corrected chi connectivity index (χ2v) is 3.20. The van der Waals surface area contributed by atoms with Crippen molar-refractivity contribution in [2.45, 2.75) is 0 Å². The molecule has 0 radical (unpaired) electrons. The van der Waals surface area contributed by atoms with Crippen molar-refractivity contribution in [1.29, 1.82) is 0 Å². The van der Waals surface area contributed by atoms with E-state index in [2.05, 4.69) is 10.3 Å². The molecule has 0 aliphatic carbocycles. The number of nitrogens with one attached hydrogen (secondary N) is 1. The van der Waals surface area contributed by atoms with Crippen LogP contribution < -0.4 is 10.1 Å². The highest BCUT2D eigenvalue weighted by Gasteiger charge is 1.98. The van der Waals surface area contributed by atoms with Crippen LogP contribution >= 0.6 is 0 Å². The Balaban J connectivity index is 2.20. The molecule has 16 heavy (non-hydrogen) atoms. The number of benzene rings is 1. The van der Waals surface area contributed by atoms with Gasteiger partial charge in [-0.05, 0) is 24.3 Å². The second kappa shape index (κ2) is 4.61. The van der Waals surface area contributed by atoms with Gasteiger partial charge in [0.05, 0.1) is 7.11 Å². The average molecular weight is 218 g/mol. The van der Waals surface area contributed by atoms with Gasteiger partial charge in [-0.3, -0.25) is 0 Å². The van der Waals surface area contributed by atoms with Crippen LogP contribution in [-0.4, -0.2) is 12.1 Å². The van der Waals surface area contributed by atoms with Gasteiger partial charge in [0.25, 0.3) is 0 Å². The zero-order valence-corrected chi connectivity index (χ0v) is 8.77. The molecule has 0 spiro atoms. The van der Waals surface area contributed by atoms with Gasteiger partial charge in [0.2, 0.25) is 5.95 Å². The molecule has 0 bridgehead atoms. The van der Waals surface area contributed by atoms with E-state index in [0.29, 0.717) is 5.82 Å². The topological polar surface area (TPSA) is 34.1 Å². The summed E-state index contributed by atoms with van der Waals surface area (Å²) in [4.78, 5) is 3.71. The molecule has 1 heterocycles. The summed E-state index contributed by atoms with van der Waals surface area (Å²) < 4.78 is 17.9. The standard InChI is InChI=1S/C12H11FN2O/c1-16-10-5-2-4-9(8-10)14-12-7-3-6-11(13)15-12/h2-8H,1H3,(H,14,15). The van der Waals surface area contributed by atoms with Gasteiger partial charge in [-0.25, -0.2) is 4.98 Å². The Morgan fingerprint density at radius 3 is 2.75 bits per heavy atom. The van der Waals surface area contributed by atoms with Gasteiger partial charge in [0.1, 0.15) is 11.6 Å². The van der Waals surface area contributed by atoms with E-state index in [1.165, 1.54) is 6.07 Å². The first-order valence-electron chi connectivity index (χ1n) is 4.81. The molecule has 4 heteroatoms. The van der Waals surface area contributed by atoms with Gasteiger partial charge in [-0.1, -0.05) is 12.1 Å². The average Bonchev–Trinajstić information content (AvgIpc) is 2.29. The van der Waals surface area contributed by atoms with Crippen molar-refractivity contribution in [1.82, 2.24) is 4.98 Å². The molecule has 0 atom stereocenters. The summed E-state index contributed by atoms with van der Waals surface area (Å²) in [6, 6.07) is 12.0. The molecule has 2 aromatic rings. The maximum Gasteiger partial charge on any atom is 0.214 e. The lowest BCUT2D eigenvalue weighted by Crippen LogP contribution is -1.95. The van der Waals surface area contributed by atoms with Crippen molar-refractivity contribution in [3.05, 3.63) is 48.4 Å². The van der Waals surface area contributed by atoms with E-state index in [9.17, 15) is 4.39 Å². The molecule has 0 aliphatic rings. The van der Waals surface area contributed by atoms with E-state index in [1.54, 1.807) is 19.2 Å². The smallest absolute Gasteiger partial charge is 0.214 e. The molecular formula is C12H11FN2O. The van der Waals surface area contributed by atoms with Crippen LogP contribution in [0.4, 0.5) is 15.9 Å². The summed E-state index contributed by atoms with van der Waals surface area (Å²) in [5, 5.41) is 2.99. The fraction of sp³-hybridized carbons (Fsp3) is 0.0833. The van der Waals surface area contributed by atoms with Crippen molar-refractivity contribution >= 4 is 11.5 Å². The first-order chi connectivity index (χ1) is 7.78. The maximum absolute atomic E-state index is 12.8. The first kappa shape index (κ1) is 10.4. The fourth-order valence-electron chi connectivity index (χ4n) is 1.33. The number of aromatic nitrogens is 1. The van der Waals surface area contributed by atoms with Crippen molar-refractivity contribution in [2.24, 2.45) is 0 Å². The van der Waals surface area contributed by atoms with Gasteiger partial charge in [0, 0.05) is 11.8 Å². The Bertz CT molecular complexity index is 488. The van der Waals surface area contributed by atoms with Crippen LogP contribution in [0.2, 0.25) is 0 Å². The minimum Gasteiger partial charge on any atom is -0.497 e. The van der Waals surface area contributed by atoms with E-state index < -0.39 is 5.95 Å². The molecule has 82 valence electrons. The molecule has 1 aromatic heterocycles. The van der Waals surface area contributed by atoms with E-state index in [0.717, 1.165) is 11.4 Å². The van der Waals surface area contributed by atoms with Crippen LogP contribution in [0.25, 0.3) is 0 Å². The quantitative estimate of drug-likeness (QED) is 0.804. The van der Waals surface area contributed by atoms with Crippen molar-refractivity contribution in [3.63, 3.8) is 0 Å². The van der Waals surface area contributed by atoms with Crippen LogP contribution in [0.3, 0.4) is 0 Å². The number of hydrogen-bond donors (Lipinski definition) is 1. The van der Waals surface area contributed by atoms with E-state index in [4.69, 9.17) is 4.74 Å². The highest BCUT2D eigenvalue weighted by atomic mass is 19.1. The second-order valence-electron chi connectivity index (χ2n) is 3.20. The van der Waals surface area contributed by atoms with Gasteiger partial charge in [-0.2, -0.15) is 4.39 Å². The lowest BCUT2D eigenvalue weighted by molar-refractivity contribution is 0.415. The van der Waals surface area contributed by atoms with Crippen LogP contribution in [0.15, 0.2) is 42.5 Å². The highest BCUT2D eigenvalue weighted by Crippen LogP contribution is 2.19. The fourth-order valence-corrected chi connectivity index (χ4v) is 1.33. The largest absolute Gasteiger partial charge is 0.497 e. The van der Waals surface area contributed by atoms with Gasteiger partial charge >= 0.3 is 0 Å². The molecule has 0 saturated carbocycles. The monoisotopic (exact) mass is 218 g/mol. The van der Waals surface area contributed by atoms with Crippen LogP contribution in [0.1, 0.15) is 0 Å². The number of halogens is 1. The van der Waals surface area contributed by atoms with Crippen LogP contribution in [-0.2, 0) is 0 Å². The third kappa shape index (κ3) is 2.48. The number of nitrogens with zero attached hydrogens (tertiary/aromatic N) is 1. The number of pyridine rings is 1. The summed E-state index contributed by atoms with van der Waals surface area (Å²) in [6.07, 6.45) is 0. The number of hydrogen-bond acceptors (Lipinski definition) is 3. The lowest BCUT2D eigenvalue weighted by atomic mass is 10.3. The zero-order valence-electron chi connectivity index (χ0n) is 8.77. The number of rotatable bonds is 3. The Morgan fingerprint density at radius 2 is 2.00 bits per heavy atom. The third-order valence-electron chi connectivity index (χ3n) is 2.06. The summed E-state index contributed by atoms with van der Waals surface area (Å²) in [5.74, 6) is 0.697. The third-order valence-corrected chi connectivity index (χ3v) is 2.06. The Hall–Kier alpha value is -2.10. The van der Waals surface area contributed by atoms with Crippen LogP contribution in [0, 0.1) is 5.95 Å². The number of methoxy groups -OCH3 is 1. The molecule has 0 unspecified atom stereocenters. The zero-order chi connectivity index (χ0) is 11.4. The number of ether oxygens (including phenoxy) is 1. The minimum atomic E-state index is -0.507. The molecule has 0 amide bonds. The lowest BCUT2D eigenvalue weighted by Gasteiger charge is -2.06. The summed E-state index contributed by atoms with van der Waals surface area (Å²) in [5.41, 5.74) is 0.803. The molecule has 0 fully saturated rings.